The number of ether oxygens (including phenoxy) is 1. The van der Waals surface area contributed by atoms with Crippen molar-refractivity contribution >= 4 is 17.5 Å². The van der Waals surface area contributed by atoms with Crippen LogP contribution in [0, 0.1) is 0 Å². The molecule has 28 heavy (non-hydrogen) atoms. The number of hydrogen-bond donors (Lipinski definition) is 1. The summed E-state index contributed by atoms with van der Waals surface area (Å²) in [6, 6.07) is 11.1. The third-order valence-electron chi connectivity index (χ3n) is 6.00. The average Bonchev–Trinajstić information content (AvgIpc) is 3.18. The molecule has 1 aromatic carbocycles. The third kappa shape index (κ3) is 3.07. The first-order chi connectivity index (χ1) is 13.7. The molecule has 2 aliphatic rings. The lowest BCUT2D eigenvalue weighted by molar-refractivity contribution is -0.121. The molecule has 1 aromatic heterocycles. The van der Waals surface area contributed by atoms with E-state index in [0.29, 0.717) is 24.4 Å². The van der Waals surface area contributed by atoms with Crippen LogP contribution in [0.3, 0.4) is 0 Å². The molecule has 4 rings (SSSR count). The molecule has 146 valence electrons. The predicted molar refractivity (Wildman–Crippen MR) is 106 cm³/mol. The molecule has 2 heterocycles. The molecule has 1 aliphatic heterocycles. The first kappa shape index (κ1) is 18.6. The largest absolute Gasteiger partial charge is 0.383 e. The van der Waals surface area contributed by atoms with Crippen molar-refractivity contribution in [2.75, 3.05) is 25.6 Å². The first-order valence-electron chi connectivity index (χ1n) is 9.78. The van der Waals surface area contributed by atoms with Gasteiger partial charge in [0.2, 0.25) is 5.91 Å². The molecule has 1 N–H and O–H groups in total. The molecule has 0 saturated heterocycles. The number of carbonyl (C=O) groups is 2. The Morgan fingerprint density at radius 1 is 1.25 bits per heavy atom. The second kappa shape index (κ2) is 7.72. The SMILES string of the molecule is COCCN1C(=O)c2ccccc2[C@H](C(=O)Nc2cccnc2)C12CCCC2. The summed E-state index contributed by atoms with van der Waals surface area (Å²) in [7, 11) is 1.64. The van der Waals surface area contributed by atoms with Crippen molar-refractivity contribution in [3.8, 4) is 0 Å². The summed E-state index contributed by atoms with van der Waals surface area (Å²) < 4.78 is 5.27. The van der Waals surface area contributed by atoms with Gasteiger partial charge in [0, 0.05) is 25.4 Å². The maximum Gasteiger partial charge on any atom is 0.254 e. The van der Waals surface area contributed by atoms with Crippen molar-refractivity contribution in [2.24, 2.45) is 0 Å². The van der Waals surface area contributed by atoms with Crippen LogP contribution in [0.4, 0.5) is 5.69 Å². The highest BCUT2D eigenvalue weighted by atomic mass is 16.5. The van der Waals surface area contributed by atoms with Crippen LogP contribution in [0.15, 0.2) is 48.8 Å². The average molecular weight is 379 g/mol. The topological polar surface area (TPSA) is 71.5 Å². The lowest BCUT2D eigenvalue weighted by Gasteiger charge is -2.50. The Kier molecular flexibility index (Phi) is 5.13. The van der Waals surface area contributed by atoms with Gasteiger partial charge < -0.3 is 15.0 Å². The summed E-state index contributed by atoms with van der Waals surface area (Å²) >= 11 is 0. The van der Waals surface area contributed by atoms with Crippen molar-refractivity contribution in [3.05, 3.63) is 59.9 Å². The third-order valence-corrected chi connectivity index (χ3v) is 6.00. The number of nitrogens with zero attached hydrogens (tertiary/aromatic N) is 2. The van der Waals surface area contributed by atoms with Crippen LogP contribution in [0.2, 0.25) is 0 Å². The van der Waals surface area contributed by atoms with Gasteiger partial charge in [0.25, 0.3) is 5.91 Å². The number of methoxy groups -OCH3 is 1. The van der Waals surface area contributed by atoms with Gasteiger partial charge in [-0.3, -0.25) is 14.6 Å². The van der Waals surface area contributed by atoms with E-state index < -0.39 is 11.5 Å². The standard InChI is InChI=1S/C22H25N3O3/c1-28-14-13-25-21(27)18-9-3-2-8-17(18)19(22(25)10-4-5-11-22)20(26)24-16-7-6-12-23-15-16/h2-3,6-9,12,15,19H,4-5,10-11,13-14H2,1H3,(H,24,26)/t19-/m1/s1. The second-order valence-electron chi connectivity index (χ2n) is 7.51. The van der Waals surface area contributed by atoms with Crippen molar-refractivity contribution in [1.29, 1.82) is 0 Å². The number of pyridine rings is 1. The molecule has 1 fully saturated rings. The summed E-state index contributed by atoms with van der Waals surface area (Å²) in [5.74, 6) is -0.502. The molecule has 1 aliphatic carbocycles. The minimum absolute atomic E-state index is 0.0000206. The highest BCUT2D eigenvalue weighted by Gasteiger charge is 2.55. The number of amides is 2. The number of rotatable bonds is 5. The summed E-state index contributed by atoms with van der Waals surface area (Å²) in [4.78, 5) is 32.8. The Morgan fingerprint density at radius 3 is 2.75 bits per heavy atom. The van der Waals surface area contributed by atoms with Gasteiger partial charge in [-0.05, 0) is 36.6 Å². The Bertz CT molecular complexity index is 862. The zero-order valence-corrected chi connectivity index (χ0v) is 16.1. The fourth-order valence-corrected chi connectivity index (χ4v) is 4.83. The lowest BCUT2D eigenvalue weighted by Crippen LogP contribution is -2.60. The van der Waals surface area contributed by atoms with Crippen LogP contribution in [0.25, 0.3) is 0 Å². The molecule has 2 aromatic rings. The Balaban J connectivity index is 1.79. The van der Waals surface area contributed by atoms with Crippen LogP contribution in [0.5, 0.6) is 0 Å². The highest BCUT2D eigenvalue weighted by Crippen LogP contribution is 2.50. The van der Waals surface area contributed by atoms with Crippen molar-refractivity contribution in [3.63, 3.8) is 0 Å². The fraction of sp³-hybridized carbons (Fsp3) is 0.409. The maximum absolute atomic E-state index is 13.5. The Morgan fingerprint density at radius 2 is 2.04 bits per heavy atom. The minimum atomic E-state index is -0.504. The van der Waals surface area contributed by atoms with E-state index in [1.807, 2.05) is 35.2 Å². The number of carbonyl (C=O) groups excluding carboxylic acids is 2. The molecule has 6 nitrogen and oxygen atoms in total. The lowest BCUT2D eigenvalue weighted by atomic mass is 9.71. The van der Waals surface area contributed by atoms with E-state index in [-0.39, 0.29) is 11.8 Å². The highest BCUT2D eigenvalue weighted by molar-refractivity contribution is 6.05. The molecule has 0 bridgehead atoms. The summed E-state index contributed by atoms with van der Waals surface area (Å²) in [5, 5.41) is 3.02. The van der Waals surface area contributed by atoms with E-state index in [4.69, 9.17) is 4.74 Å². The zero-order valence-electron chi connectivity index (χ0n) is 16.1. The molecule has 1 spiro atoms. The van der Waals surface area contributed by atoms with Gasteiger partial charge >= 0.3 is 0 Å². The molecular formula is C22H25N3O3. The fourth-order valence-electron chi connectivity index (χ4n) is 4.83. The van der Waals surface area contributed by atoms with Crippen molar-refractivity contribution in [1.82, 2.24) is 9.88 Å². The molecular weight excluding hydrogens is 354 g/mol. The molecule has 1 atom stereocenters. The Labute approximate surface area is 164 Å². The molecule has 2 amide bonds. The van der Waals surface area contributed by atoms with E-state index in [0.717, 1.165) is 31.2 Å². The van der Waals surface area contributed by atoms with E-state index in [1.54, 1.807) is 25.6 Å². The summed E-state index contributed by atoms with van der Waals surface area (Å²) in [6.07, 6.45) is 6.98. The quantitative estimate of drug-likeness (QED) is 0.866. The van der Waals surface area contributed by atoms with Crippen molar-refractivity contribution in [2.45, 2.75) is 37.1 Å². The van der Waals surface area contributed by atoms with Crippen LogP contribution in [0.1, 0.15) is 47.5 Å². The summed E-state index contributed by atoms with van der Waals surface area (Å²) in [5.41, 5.74) is 1.60. The molecule has 0 radical (unpaired) electrons. The number of aromatic nitrogens is 1. The van der Waals surface area contributed by atoms with Crippen LogP contribution in [-0.4, -0.2) is 47.5 Å². The van der Waals surface area contributed by atoms with Gasteiger partial charge in [-0.25, -0.2) is 0 Å². The van der Waals surface area contributed by atoms with E-state index in [1.165, 1.54) is 0 Å². The van der Waals surface area contributed by atoms with E-state index >= 15 is 0 Å². The minimum Gasteiger partial charge on any atom is -0.383 e. The van der Waals surface area contributed by atoms with Crippen molar-refractivity contribution < 1.29 is 14.3 Å². The first-order valence-corrected chi connectivity index (χ1v) is 9.78. The maximum atomic E-state index is 13.5. The molecule has 6 heteroatoms. The monoisotopic (exact) mass is 379 g/mol. The van der Waals surface area contributed by atoms with Gasteiger partial charge in [-0.2, -0.15) is 0 Å². The zero-order chi connectivity index (χ0) is 19.6. The van der Waals surface area contributed by atoms with Gasteiger partial charge in [0.1, 0.15) is 0 Å². The molecule has 0 unspecified atom stereocenters. The van der Waals surface area contributed by atoms with Crippen LogP contribution >= 0.6 is 0 Å². The van der Waals surface area contributed by atoms with E-state index in [9.17, 15) is 9.59 Å². The van der Waals surface area contributed by atoms with E-state index in [2.05, 4.69) is 10.3 Å². The van der Waals surface area contributed by atoms with Gasteiger partial charge in [-0.1, -0.05) is 31.0 Å². The Hall–Kier alpha value is -2.73. The smallest absolute Gasteiger partial charge is 0.254 e. The number of hydrogen-bond acceptors (Lipinski definition) is 4. The number of anilines is 1. The van der Waals surface area contributed by atoms with Gasteiger partial charge in [0.05, 0.1) is 29.9 Å². The van der Waals surface area contributed by atoms with Crippen LogP contribution in [-0.2, 0) is 9.53 Å². The number of nitrogens with one attached hydrogen (secondary N) is 1. The number of benzene rings is 1. The number of fused-ring (bicyclic) bond motifs is 1. The van der Waals surface area contributed by atoms with Gasteiger partial charge in [-0.15, -0.1) is 0 Å². The molecule has 1 saturated carbocycles. The van der Waals surface area contributed by atoms with Gasteiger partial charge in [0.15, 0.2) is 0 Å². The second-order valence-corrected chi connectivity index (χ2v) is 7.51. The normalized spacial score (nSPS) is 20.2. The summed E-state index contributed by atoms with van der Waals surface area (Å²) in [6.45, 7) is 0.937. The van der Waals surface area contributed by atoms with Crippen LogP contribution < -0.4 is 5.32 Å². The predicted octanol–water partition coefficient (Wildman–Crippen LogP) is 3.22.